The second-order valence-corrected chi connectivity index (χ2v) is 4.50. The van der Waals surface area contributed by atoms with Crippen LogP contribution in [0.15, 0.2) is 0 Å². The summed E-state index contributed by atoms with van der Waals surface area (Å²) in [5.74, 6) is 0.654. The van der Waals surface area contributed by atoms with E-state index in [1.807, 2.05) is 0 Å². The first-order valence-corrected chi connectivity index (χ1v) is 4.71. The van der Waals surface area contributed by atoms with Crippen molar-refractivity contribution >= 4 is 0 Å². The summed E-state index contributed by atoms with van der Waals surface area (Å²) >= 11 is 0. The molecule has 0 saturated heterocycles. The minimum atomic E-state index is -0.746. The van der Waals surface area contributed by atoms with Crippen molar-refractivity contribution in [1.29, 1.82) is 0 Å². The Morgan fingerprint density at radius 3 is 1.92 bits per heavy atom. The van der Waals surface area contributed by atoms with E-state index in [0.717, 1.165) is 12.8 Å². The molecule has 0 fully saturated rings. The van der Waals surface area contributed by atoms with Crippen LogP contribution in [0.2, 0.25) is 0 Å². The molecule has 12 heavy (non-hydrogen) atoms. The van der Waals surface area contributed by atoms with Gasteiger partial charge in [0, 0.05) is 12.5 Å². The van der Waals surface area contributed by atoms with Crippen molar-refractivity contribution in [2.75, 3.05) is 6.61 Å². The van der Waals surface area contributed by atoms with Gasteiger partial charge in [0.1, 0.15) is 0 Å². The fourth-order valence-electron chi connectivity index (χ4n) is 1.20. The van der Waals surface area contributed by atoms with Gasteiger partial charge in [0.2, 0.25) is 0 Å². The molecule has 2 heteroatoms. The SMILES string of the molecule is CC(C)CCC(CO)C(C)(C)O. The van der Waals surface area contributed by atoms with Gasteiger partial charge in [0.05, 0.1) is 5.60 Å². The van der Waals surface area contributed by atoms with E-state index >= 15 is 0 Å². The molecular weight excluding hydrogens is 152 g/mol. The summed E-state index contributed by atoms with van der Waals surface area (Å²) in [5.41, 5.74) is -0.746. The van der Waals surface area contributed by atoms with Gasteiger partial charge in [-0.05, 0) is 26.2 Å². The Hall–Kier alpha value is -0.0800. The minimum Gasteiger partial charge on any atom is -0.396 e. The third-order valence-electron chi connectivity index (χ3n) is 2.31. The van der Waals surface area contributed by atoms with E-state index in [4.69, 9.17) is 5.11 Å². The van der Waals surface area contributed by atoms with Crippen LogP contribution in [0.1, 0.15) is 40.5 Å². The molecule has 0 radical (unpaired) electrons. The second-order valence-electron chi connectivity index (χ2n) is 4.50. The van der Waals surface area contributed by atoms with Crippen molar-refractivity contribution in [2.45, 2.75) is 46.1 Å². The Labute approximate surface area is 75.6 Å². The summed E-state index contributed by atoms with van der Waals surface area (Å²) in [4.78, 5) is 0. The molecule has 0 aliphatic rings. The maximum atomic E-state index is 9.63. The maximum Gasteiger partial charge on any atom is 0.0641 e. The lowest BCUT2D eigenvalue weighted by Crippen LogP contribution is -2.33. The Kier molecular flexibility index (Phi) is 4.80. The summed E-state index contributed by atoms with van der Waals surface area (Å²) in [5, 5.41) is 18.6. The lowest BCUT2D eigenvalue weighted by Gasteiger charge is -2.28. The van der Waals surface area contributed by atoms with Gasteiger partial charge in [-0.1, -0.05) is 20.3 Å². The van der Waals surface area contributed by atoms with Gasteiger partial charge in [-0.25, -0.2) is 0 Å². The summed E-state index contributed by atoms with van der Waals surface area (Å²) in [6.07, 6.45) is 1.97. The largest absolute Gasteiger partial charge is 0.396 e. The molecule has 0 aliphatic carbocycles. The Balaban J connectivity index is 3.84. The third-order valence-corrected chi connectivity index (χ3v) is 2.31. The molecule has 0 saturated carbocycles. The van der Waals surface area contributed by atoms with Gasteiger partial charge >= 0.3 is 0 Å². The second kappa shape index (κ2) is 4.83. The predicted octanol–water partition coefficient (Wildman–Crippen LogP) is 1.80. The van der Waals surface area contributed by atoms with Gasteiger partial charge in [0.15, 0.2) is 0 Å². The number of rotatable bonds is 5. The normalized spacial score (nSPS) is 15.2. The van der Waals surface area contributed by atoms with Crippen LogP contribution < -0.4 is 0 Å². The summed E-state index contributed by atoms with van der Waals surface area (Å²) < 4.78 is 0. The monoisotopic (exact) mass is 174 g/mol. The van der Waals surface area contributed by atoms with E-state index in [1.165, 1.54) is 0 Å². The van der Waals surface area contributed by atoms with Gasteiger partial charge in [-0.15, -0.1) is 0 Å². The quantitative estimate of drug-likeness (QED) is 0.667. The van der Waals surface area contributed by atoms with E-state index in [0.29, 0.717) is 5.92 Å². The zero-order valence-corrected chi connectivity index (χ0v) is 8.67. The van der Waals surface area contributed by atoms with Crippen LogP contribution in [0.25, 0.3) is 0 Å². The summed E-state index contributed by atoms with van der Waals surface area (Å²) in [6, 6.07) is 0. The fraction of sp³-hybridized carbons (Fsp3) is 1.00. The molecule has 1 atom stereocenters. The zero-order valence-electron chi connectivity index (χ0n) is 8.67. The molecule has 0 aromatic rings. The molecule has 0 amide bonds. The Morgan fingerprint density at radius 1 is 1.17 bits per heavy atom. The van der Waals surface area contributed by atoms with Crippen molar-refractivity contribution in [3.8, 4) is 0 Å². The van der Waals surface area contributed by atoms with E-state index in [-0.39, 0.29) is 12.5 Å². The highest BCUT2D eigenvalue weighted by atomic mass is 16.3. The number of aliphatic hydroxyl groups excluding tert-OH is 1. The molecule has 2 N–H and O–H groups in total. The van der Waals surface area contributed by atoms with Crippen molar-refractivity contribution < 1.29 is 10.2 Å². The highest BCUT2D eigenvalue weighted by Crippen LogP contribution is 2.22. The molecule has 0 aliphatic heterocycles. The molecule has 2 nitrogen and oxygen atoms in total. The number of aliphatic hydroxyl groups is 2. The molecular formula is C10H22O2. The fourth-order valence-corrected chi connectivity index (χ4v) is 1.20. The molecule has 0 bridgehead atoms. The average molecular weight is 174 g/mol. The zero-order chi connectivity index (χ0) is 9.78. The predicted molar refractivity (Wildman–Crippen MR) is 50.9 cm³/mol. The van der Waals surface area contributed by atoms with Crippen molar-refractivity contribution in [2.24, 2.45) is 11.8 Å². The molecule has 0 aromatic carbocycles. The van der Waals surface area contributed by atoms with Gasteiger partial charge < -0.3 is 10.2 Å². The lowest BCUT2D eigenvalue weighted by atomic mass is 9.86. The van der Waals surface area contributed by atoms with Crippen LogP contribution in [-0.2, 0) is 0 Å². The van der Waals surface area contributed by atoms with E-state index < -0.39 is 5.60 Å². The molecule has 74 valence electrons. The summed E-state index contributed by atoms with van der Waals surface area (Å²) in [7, 11) is 0. The molecule has 0 rings (SSSR count). The van der Waals surface area contributed by atoms with Crippen LogP contribution in [0, 0.1) is 11.8 Å². The van der Waals surface area contributed by atoms with Crippen LogP contribution in [0.5, 0.6) is 0 Å². The van der Waals surface area contributed by atoms with Gasteiger partial charge in [0.25, 0.3) is 0 Å². The van der Waals surface area contributed by atoms with E-state index in [2.05, 4.69) is 13.8 Å². The summed E-state index contributed by atoms with van der Waals surface area (Å²) in [6.45, 7) is 7.90. The van der Waals surface area contributed by atoms with Crippen molar-refractivity contribution in [1.82, 2.24) is 0 Å². The van der Waals surface area contributed by atoms with Gasteiger partial charge in [-0.2, -0.15) is 0 Å². The molecule has 0 aromatic heterocycles. The lowest BCUT2D eigenvalue weighted by molar-refractivity contribution is -0.0141. The maximum absolute atomic E-state index is 9.63. The molecule has 1 unspecified atom stereocenters. The topological polar surface area (TPSA) is 40.5 Å². The molecule has 0 heterocycles. The van der Waals surface area contributed by atoms with Crippen LogP contribution in [0.4, 0.5) is 0 Å². The first-order chi connectivity index (χ1) is 5.38. The van der Waals surface area contributed by atoms with Crippen LogP contribution >= 0.6 is 0 Å². The standard InChI is InChI=1S/C10H22O2/c1-8(2)5-6-9(7-11)10(3,4)12/h8-9,11-12H,5-7H2,1-4H3. The highest BCUT2D eigenvalue weighted by molar-refractivity contribution is 4.76. The third kappa shape index (κ3) is 4.73. The number of hydrogen-bond donors (Lipinski definition) is 2. The van der Waals surface area contributed by atoms with Crippen molar-refractivity contribution in [3.63, 3.8) is 0 Å². The highest BCUT2D eigenvalue weighted by Gasteiger charge is 2.25. The minimum absolute atomic E-state index is 0.0138. The average Bonchev–Trinajstić information content (AvgIpc) is 1.85. The van der Waals surface area contributed by atoms with E-state index in [9.17, 15) is 5.11 Å². The van der Waals surface area contributed by atoms with Crippen LogP contribution in [0.3, 0.4) is 0 Å². The van der Waals surface area contributed by atoms with Crippen LogP contribution in [-0.4, -0.2) is 22.4 Å². The Bertz CT molecular complexity index is 113. The molecule has 0 spiro atoms. The van der Waals surface area contributed by atoms with Crippen molar-refractivity contribution in [3.05, 3.63) is 0 Å². The first-order valence-electron chi connectivity index (χ1n) is 4.71. The van der Waals surface area contributed by atoms with E-state index in [1.54, 1.807) is 13.8 Å². The van der Waals surface area contributed by atoms with Gasteiger partial charge in [-0.3, -0.25) is 0 Å². The first kappa shape index (κ1) is 11.9. The Morgan fingerprint density at radius 2 is 1.67 bits per heavy atom. The number of hydrogen-bond acceptors (Lipinski definition) is 2. The smallest absolute Gasteiger partial charge is 0.0641 e.